The molecule has 4 nitrogen and oxygen atoms in total. The third kappa shape index (κ3) is 5.87. The van der Waals surface area contributed by atoms with Crippen LogP contribution in [-0.2, 0) is 19.4 Å². The van der Waals surface area contributed by atoms with Gasteiger partial charge < -0.3 is 4.74 Å². The van der Waals surface area contributed by atoms with E-state index in [-0.39, 0.29) is 11.7 Å². The van der Waals surface area contributed by atoms with Gasteiger partial charge in [0.15, 0.2) is 9.84 Å². The largest absolute Gasteiger partial charge is 0.466 e. The van der Waals surface area contributed by atoms with Crippen molar-refractivity contribution in [2.75, 3.05) is 12.4 Å². The molecule has 0 aromatic heterocycles. The van der Waals surface area contributed by atoms with E-state index >= 15 is 0 Å². The predicted octanol–water partition coefficient (Wildman–Crippen LogP) is 3.20. The van der Waals surface area contributed by atoms with Crippen LogP contribution in [0.15, 0.2) is 23.1 Å². The third-order valence-electron chi connectivity index (χ3n) is 3.26. The highest BCUT2D eigenvalue weighted by Gasteiger charge is 2.16. The lowest BCUT2D eigenvalue weighted by atomic mass is 10.2. The first-order valence-electron chi connectivity index (χ1n) is 7.32. The van der Waals surface area contributed by atoms with Crippen LogP contribution in [0.2, 0.25) is 0 Å². The van der Waals surface area contributed by atoms with Crippen LogP contribution < -0.4 is 0 Å². The number of unbranched alkanes of at least 4 members (excludes halogenated alkanes) is 2. The molecule has 0 unspecified atom stereocenters. The van der Waals surface area contributed by atoms with E-state index < -0.39 is 9.84 Å². The number of hydrogen-bond acceptors (Lipinski definition) is 4. The number of aryl methyl sites for hydroxylation is 2. The molecular weight excluding hydrogens is 288 g/mol. The minimum atomic E-state index is -3.23. The van der Waals surface area contributed by atoms with Gasteiger partial charge in [0.1, 0.15) is 0 Å². The molecule has 1 aromatic carbocycles. The van der Waals surface area contributed by atoms with Crippen molar-refractivity contribution in [1.29, 1.82) is 0 Å². The Morgan fingerprint density at radius 2 is 1.86 bits per heavy atom. The summed E-state index contributed by atoms with van der Waals surface area (Å²) in [7, 11) is -3.23. The van der Waals surface area contributed by atoms with Crippen molar-refractivity contribution in [3.8, 4) is 0 Å². The van der Waals surface area contributed by atoms with Crippen molar-refractivity contribution in [2.24, 2.45) is 0 Å². The van der Waals surface area contributed by atoms with E-state index in [0.29, 0.717) is 37.2 Å². The zero-order chi connectivity index (χ0) is 15.9. The van der Waals surface area contributed by atoms with Gasteiger partial charge >= 0.3 is 5.97 Å². The van der Waals surface area contributed by atoms with E-state index in [0.717, 1.165) is 11.1 Å². The first-order chi connectivity index (χ1) is 9.86. The van der Waals surface area contributed by atoms with Gasteiger partial charge in [-0.15, -0.1) is 0 Å². The highest BCUT2D eigenvalue weighted by Crippen LogP contribution is 2.19. The van der Waals surface area contributed by atoms with Gasteiger partial charge in [0.2, 0.25) is 0 Å². The molecule has 0 heterocycles. The van der Waals surface area contributed by atoms with Crippen LogP contribution in [0.4, 0.5) is 0 Å². The summed E-state index contributed by atoms with van der Waals surface area (Å²) in [6.07, 6.45) is 2.30. The molecule has 0 aliphatic carbocycles. The average Bonchev–Trinajstić information content (AvgIpc) is 2.38. The van der Waals surface area contributed by atoms with Crippen molar-refractivity contribution in [1.82, 2.24) is 0 Å². The van der Waals surface area contributed by atoms with Crippen LogP contribution in [0.25, 0.3) is 0 Å². The van der Waals surface area contributed by atoms with Crippen LogP contribution >= 0.6 is 0 Å². The summed E-state index contributed by atoms with van der Waals surface area (Å²) in [4.78, 5) is 11.6. The number of ether oxygens (including phenoxy) is 1. The van der Waals surface area contributed by atoms with Crippen LogP contribution in [-0.4, -0.2) is 26.7 Å². The SMILES string of the molecule is CCOC(=O)CCCCCS(=O)(=O)c1ccc(C)cc1C. The zero-order valence-corrected chi connectivity index (χ0v) is 13.8. The molecule has 118 valence electrons. The van der Waals surface area contributed by atoms with Crippen LogP contribution in [0, 0.1) is 13.8 Å². The van der Waals surface area contributed by atoms with E-state index in [4.69, 9.17) is 4.74 Å². The van der Waals surface area contributed by atoms with Crippen LogP contribution in [0.3, 0.4) is 0 Å². The number of benzene rings is 1. The number of hydrogen-bond donors (Lipinski definition) is 0. The van der Waals surface area contributed by atoms with Crippen molar-refractivity contribution in [2.45, 2.75) is 51.3 Å². The lowest BCUT2D eigenvalue weighted by Crippen LogP contribution is -2.09. The third-order valence-corrected chi connectivity index (χ3v) is 5.22. The van der Waals surface area contributed by atoms with Gasteiger partial charge in [-0.1, -0.05) is 24.1 Å². The molecule has 0 aliphatic heterocycles. The molecule has 0 saturated heterocycles. The standard InChI is InChI=1S/C16H24O4S/c1-4-20-16(17)8-6-5-7-11-21(18,19)15-10-9-13(2)12-14(15)3/h9-10,12H,4-8,11H2,1-3H3. The Hall–Kier alpha value is -1.36. The first kappa shape index (κ1) is 17.7. The average molecular weight is 312 g/mol. The summed E-state index contributed by atoms with van der Waals surface area (Å²) >= 11 is 0. The molecule has 0 radical (unpaired) electrons. The monoisotopic (exact) mass is 312 g/mol. The Balaban J connectivity index is 2.45. The number of sulfone groups is 1. The number of rotatable bonds is 8. The predicted molar refractivity (Wildman–Crippen MR) is 83.1 cm³/mol. The highest BCUT2D eigenvalue weighted by molar-refractivity contribution is 7.91. The van der Waals surface area contributed by atoms with Crippen molar-refractivity contribution >= 4 is 15.8 Å². The van der Waals surface area contributed by atoms with Crippen molar-refractivity contribution in [3.05, 3.63) is 29.3 Å². The number of carbonyl (C=O) groups excluding carboxylic acids is 1. The fourth-order valence-corrected chi connectivity index (χ4v) is 3.86. The van der Waals surface area contributed by atoms with Crippen LogP contribution in [0.5, 0.6) is 0 Å². The van der Waals surface area contributed by atoms with Gasteiger partial charge in [0, 0.05) is 6.42 Å². The molecule has 0 atom stereocenters. The smallest absolute Gasteiger partial charge is 0.305 e. The molecule has 1 aromatic rings. The van der Waals surface area contributed by atoms with Gasteiger partial charge in [-0.3, -0.25) is 4.79 Å². The van der Waals surface area contributed by atoms with Gasteiger partial charge in [0.05, 0.1) is 17.3 Å². The molecule has 0 spiro atoms. The Labute approximate surface area is 127 Å². The Morgan fingerprint density at radius 3 is 2.48 bits per heavy atom. The van der Waals surface area contributed by atoms with Gasteiger partial charge in [-0.2, -0.15) is 0 Å². The second kappa shape index (κ2) is 8.17. The van der Waals surface area contributed by atoms with E-state index in [1.165, 1.54) is 0 Å². The summed E-state index contributed by atoms with van der Waals surface area (Å²) in [5.74, 6) is -0.0885. The summed E-state index contributed by atoms with van der Waals surface area (Å²) < 4.78 is 29.4. The maximum atomic E-state index is 12.3. The second-order valence-electron chi connectivity index (χ2n) is 5.20. The fourth-order valence-electron chi connectivity index (χ4n) is 2.23. The summed E-state index contributed by atoms with van der Waals surface area (Å²) in [6, 6.07) is 5.38. The fraction of sp³-hybridized carbons (Fsp3) is 0.562. The van der Waals surface area contributed by atoms with Crippen molar-refractivity contribution in [3.63, 3.8) is 0 Å². The van der Waals surface area contributed by atoms with Gasteiger partial charge in [0.25, 0.3) is 0 Å². The molecule has 21 heavy (non-hydrogen) atoms. The molecule has 0 bridgehead atoms. The Bertz CT molecular complexity index is 576. The Morgan fingerprint density at radius 1 is 1.14 bits per heavy atom. The molecule has 0 aliphatic rings. The van der Waals surface area contributed by atoms with E-state index in [9.17, 15) is 13.2 Å². The molecule has 0 fully saturated rings. The lowest BCUT2D eigenvalue weighted by molar-refractivity contribution is -0.143. The minimum Gasteiger partial charge on any atom is -0.466 e. The topological polar surface area (TPSA) is 60.4 Å². The maximum absolute atomic E-state index is 12.3. The van der Waals surface area contributed by atoms with Crippen LogP contribution in [0.1, 0.15) is 43.7 Å². The first-order valence-corrected chi connectivity index (χ1v) is 8.97. The second-order valence-corrected chi connectivity index (χ2v) is 7.28. The van der Waals surface area contributed by atoms with Crippen molar-refractivity contribution < 1.29 is 17.9 Å². The van der Waals surface area contributed by atoms with E-state index in [1.54, 1.807) is 13.0 Å². The molecule has 1 rings (SSSR count). The normalized spacial score (nSPS) is 11.4. The van der Waals surface area contributed by atoms with Gasteiger partial charge in [-0.05, 0) is 45.2 Å². The highest BCUT2D eigenvalue weighted by atomic mass is 32.2. The zero-order valence-electron chi connectivity index (χ0n) is 13.0. The van der Waals surface area contributed by atoms with E-state index in [1.807, 2.05) is 26.0 Å². The molecule has 0 saturated carbocycles. The minimum absolute atomic E-state index is 0.125. The molecular formula is C16H24O4S. The Kier molecular flexibility index (Phi) is 6.89. The molecule has 0 N–H and O–H groups in total. The number of carbonyl (C=O) groups is 1. The number of esters is 1. The summed E-state index contributed by atoms with van der Waals surface area (Å²) in [6.45, 7) is 5.92. The molecule has 0 amide bonds. The lowest BCUT2D eigenvalue weighted by Gasteiger charge is -2.08. The summed E-state index contributed by atoms with van der Waals surface area (Å²) in [5, 5.41) is 0. The van der Waals surface area contributed by atoms with Gasteiger partial charge in [-0.25, -0.2) is 8.42 Å². The maximum Gasteiger partial charge on any atom is 0.305 e. The summed E-state index contributed by atoms with van der Waals surface area (Å²) in [5.41, 5.74) is 1.85. The van der Waals surface area contributed by atoms with E-state index in [2.05, 4.69) is 0 Å². The molecule has 5 heteroatoms. The quantitative estimate of drug-likeness (QED) is 0.546.